The number of aliphatic hydroxyl groups is 1. The molecule has 0 bridgehead atoms. The van der Waals surface area contributed by atoms with Crippen molar-refractivity contribution in [2.45, 2.75) is 69.9 Å². The topological polar surface area (TPSA) is 119 Å². The fraction of sp³-hybridized carbons (Fsp3) is 0.577. The highest BCUT2D eigenvalue weighted by Crippen LogP contribution is 2.36. The number of aromatic nitrogens is 1. The summed E-state index contributed by atoms with van der Waals surface area (Å²) in [6.45, 7) is 0.919. The molecule has 35 heavy (non-hydrogen) atoms. The Balaban J connectivity index is 1.77. The number of ether oxygens (including phenoxy) is 2. The third-order valence-electron chi connectivity index (χ3n) is 7.05. The van der Waals surface area contributed by atoms with Gasteiger partial charge in [-0.2, -0.15) is 0 Å². The number of methoxy groups -OCH3 is 1. The summed E-state index contributed by atoms with van der Waals surface area (Å²) in [6, 6.07) is 5.19. The summed E-state index contributed by atoms with van der Waals surface area (Å²) in [5.74, 6) is 0.191. The van der Waals surface area contributed by atoms with Crippen LogP contribution in [0.2, 0.25) is 0 Å². The van der Waals surface area contributed by atoms with E-state index >= 15 is 0 Å². The minimum atomic E-state index is -1.11. The van der Waals surface area contributed by atoms with Crippen LogP contribution < -0.4 is 25.7 Å². The summed E-state index contributed by atoms with van der Waals surface area (Å²) in [5.41, 5.74) is -0.884. The fourth-order valence-corrected chi connectivity index (χ4v) is 5.19. The van der Waals surface area contributed by atoms with Gasteiger partial charge in [0.15, 0.2) is 11.5 Å². The lowest BCUT2D eigenvalue weighted by Gasteiger charge is -2.32. The molecule has 3 N–H and O–H groups in total. The van der Waals surface area contributed by atoms with Crippen molar-refractivity contribution in [1.29, 1.82) is 0 Å². The molecule has 2 aliphatic rings. The second kappa shape index (κ2) is 11.1. The minimum Gasteiger partial charge on any atom is -0.493 e. The Hall–Kier alpha value is -3.07. The maximum Gasteiger partial charge on any atom is 0.264 e. The monoisotopic (exact) mass is 485 g/mol. The number of nitrogens with one attached hydrogen (secondary N) is 2. The molecule has 0 spiro atoms. The van der Waals surface area contributed by atoms with Gasteiger partial charge in [-0.15, -0.1) is 0 Å². The zero-order chi connectivity index (χ0) is 24.8. The average Bonchev–Trinajstić information content (AvgIpc) is 3.04. The molecule has 9 heteroatoms. The van der Waals surface area contributed by atoms with Crippen LogP contribution in [-0.4, -0.2) is 53.9 Å². The Bertz CT molecular complexity index is 1130. The van der Waals surface area contributed by atoms with Crippen molar-refractivity contribution in [3.63, 3.8) is 0 Å². The van der Waals surface area contributed by atoms with Gasteiger partial charge in [-0.05, 0) is 50.3 Å². The third kappa shape index (κ3) is 5.15. The lowest BCUT2D eigenvalue weighted by Crippen LogP contribution is -2.59. The van der Waals surface area contributed by atoms with Gasteiger partial charge in [-0.3, -0.25) is 14.4 Å². The molecule has 2 aromatic rings. The van der Waals surface area contributed by atoms with Gasteiger partial charge in [0.25, 0.3) is 11.5 Å². The highest BCUT2D eigenvalue weighted by Gasteiger charge is 2.40. The van der Waals surface area contributed by atoms with Crippen molar-refractivity contribution in [3.05, 3.63) is 34.1 Å². The van der Waals surface area contributed by atoms with Gasteiger partial charge in [0.1, 0.15) is 11.1 Å². The van der Waals surface area contributed by atoms with Crippen LogP contribution >= 0.6 is 0 Å². The van der Waals surface area contributed by atoms with Crippen molar-refractivity contribution >= 4 is 22.7 Å². The number of rotatable bonds is 6. The highest BCUT2D eigenvalue weighted by atomic mass is 16.5. The van der Waals surface area contributed by atoms with E-state index in [0.29, 0.717) is 48.4 Å². The predicted octanol–water partition coefficient (Wildman–Crippen LogP) is 2.50. The van der Waals surface area contributed by atoms with E-state index in [1.54, 1.807) is 23.8 Å². The van der Waals surface area contributed by atoms with Crippen molar-refractivity contribution < 1.29 is 24.2 Å². The number of amides is 2. The van der Waals surface area contributed by atoms with Gasteiger partial charge in [-0.1, -0.05) is 25.7 Å². The first-order valence-corrected chi connectivity index (χ1v) is 12.6. The molecule has 1 aliphatic carbocycles. The van der Waals surface area contributed by atoms with Crippen molar-refractivity contribution in [1.82, 2.24) is 15.2 Å². The number of pyridine rings is 1. The average molecular weight is 486 g/mol. The van der Waals surface area contributed by atoms with E-state index in [1.807, 2.05) is 6.07 Å². The molecule has 2 amide bonds. The lowest BCUT2D eigenvalue weighted by atomic mass is 9.88. The van der Waals surface area contributed by atoms with Crippen LogP contribution in [0.25, 0.3) is 10.9 Å². The summed E-state index contributed by atoms with van der Waals surface area (Å²) < 4.78 is 13.1. The molecule has 1 saturated carbocycles. The largest absolute Gasteiger partial charge is 0.493 e. The Kier molecular flexibility index (Phi) is 7.95. The van der Waals surface area contributed by atoms with Crippen LogP contribution in [0.1, 0.15) is 68.1 Å². The molecule has 9 nitrogen and oxygen atoms in total. The van der Waals surface area contributed by atoms with Crippen LogP contribution in [0.4, 0.5) is 0 Å². The smallest absolute Gasteiger partial charge is 0.264 e. The highest BCUT2D eigenvalue weighted by molar-refractivity contribution is 6.02. The van der Waals surface area contributed by atoms with Gasteiger partial charge in [0.2, 0.25) is 5.91 Å². The van der Waals surface area contributed by atoms with E-state index in [-0.39, 0.29) is 24.6 Å². The number of carbonyl (C=O) groups excluding carboxylic acids is 2. The number of hydrogen-bond donors (Lipinski definition) is 3. The standard InChI is InChI=1S/C26H35N3O6/c1-34-20-10-9-18-17-19(24(32)29-14-7-4-8-16-35-22(20)21(18)29)23(31)28-26(25(33)27-13-15-30)11-5-2-3-6-12-26/h9-10,17,30H,2-8,11-16H2,1H3,(H,27,33)(H,28,31). The molecular formula is C26H35N3O6. The van der Waals surface area contributed by atoms with Gasteiger partial charge in [-0.25, -0.2) is 0 Å². The molecule has 0 atom stereocenters. The fourth-order valence-electron chi connectivity index (χ4n) is 5.19. The van der Waals surface area contributed by atoms with Crippen molar-refractivity contribution in [2.75, 3.05) is 26.9 Å². The van der Waals surface area contributed by atoms with Crippen LogP contribution in [0, 0.1) is 0 Å². The number of benzene rings is 1. The third-order valence-corrected chi connectivity index (χ3v) is 7.05. The molecule has 1 fully saturated rings. The Morgan fingerprint density at radius 2 is 1.86 bits per heavy atom. The molecule has 190 valence electrons. The van der Waals surface area contributed by atoms with E-state index in [9.17, 15) is 19.5 Å². The number of aliphatic hydroxyl groups excluding tert-OH is 1. The van der Waals surface area contributed by atoms with E-state index < -0.39 is 17.0 Å². The summed E-state index contributed by atoms with van der Waals surface area (Å²) in [7, 11) is 1.56. The number of aryl methyl sites for hydroxylation is 1. The first-order valence-electron chi connectivity index (χ1n) is 12.6. The van der Waals surface area contributed by atoms with Crippen LogP contribution in [0.5, 0.6) is 11.5 Å². The molecule has 1 aromatic carbocycles. The van der Waals surface area contributed by atoms with Gasteiger partial charge in [0.05, 0.1) is 25.8 Å². The first-order chi connectivity index (χ1) is 17.0. The van der Waals surface area contributed by atoms with E-state index in [1.165, 1.54) is 0 Å². The Morgan fingerprint density at radius 3 is 2.57 bits per heavy atom. The molecule has 4 rings (SSSR count). The maximum atomic E-state index is 13.6. The Labute approximate surface area is 204 Å². The zero-order valence-corrected chi connectivity index (χ0v) is 20.4. The summed E-state index contributed by atoms with van der Waals surface area (Å²) in [4.78, 5) is 40.3. The van der Waals surface area contributed by atoms with Crippen molar-refractivity contribution in [2.24, 2.45) is 0 Å². The molecule has 2 heterocycles. The molecular weight excluding hydrogens is 450 g/mol. The first kappa shape index (κ1) is 25.0. The maximum absolute atomic E-state index is 13.6. The molecule has 1 aromatic heterocycles. The van der Waals surface area contributed by atoms with Crippen LogP contribution in [0.3, 0.4) is 0 Å². The van der Waals surface area contributed by atoms with Gasteiger partial charge >= 0.3 is 0 Å². The van der Waals surface area contributed by atoms with Gasteiger partial charge < -0.3 is 29.8 Å². The quantitative estimate of drug-likeness (QED) is 0.541. The number of hydrogen-bond acceptors (Lipinski definition) is 6. The predicted molar refractivity (Wildman–Crippen MR) is 132 cm³/mol. The van der Waals surface area contributed by atoms with Crippen molar-refractivity contribution in [3.8, 4) is 11.5 Å². The zero-order valence-electron chi connectivity index (χ0n) is 20.4. The summed E-state index contributed by atoms with van der Waals surface area (Å²) in [5, 5.41) is 15.5. The van der Waals surface area contributed by atoms with Gasteiger partial charge in [0, 0.05) is 18.5 Å². The summed E-state index contributed by atoms with van der Waals surface area (Å²) >= 11 is 0. The van der Waals surface area contributed by atoms with E-state index in [4.69, 9.17) is 9.47 Å². The van der Waals surface area contributed by atoms with E-state index in [2.05, 4.69) is 10.6 Å². The van der Waals surface area contributed by atoms with Crippen LogP contribution in [0.15, 0.2) is 23.0 Å². The second-order valence-electron chi connectivity index (χ2n) is 9.39. The van der Waals surface area contributed by atoms with E-state index in [0.717, 1.165) is 44.9 Å². The minimum absolute atomic E-state index is 0.00597. The van der Waals surface area contributed by atoms with Crippen LogP contribution in [-0.2, 0) is 11.3 Å². The SMILES string of the molecule is COc1ccc2cc(C(=O)NC3(C(=O)NCCO)CCCCCC3)c(=O)n3c2c1OCCCCC3. The second-order valence-corrected chi connectivity index (χ2v) is 9.39. The molecule has 0 saturated heterocycles. The normalized spacial score (nSPS) is 17.8. The molecule has 1 aliphatic heterocycles. The number of carbonyl (C=O) groups is 2. The lowest BCUT2D eigenvalue weighted by molar-refractivity contribution is -0.128. The summed E-state index contributed by atoms with van der Waals surface area (Å²) in [6.07, 6.45) is 7.10. The Morgan fingerprint density at radius 1 is 1.11 bits per heavy atom. The molecule has 0 unspecified atom stereocenters. The number of nitrogens with zero attached hydrogens (tertiary/aromatic N) is 1. The molecule has 0 radical (unpaired) electrons.